The SMILES string of the molecule is Cc1ncsc1-c1ccc([C@H](C)NC(=O)[C@@H]2C[C@@H](O)CN2C(=O)[C@@H](c2cc(OCC[C@@H]3CCN(CC4CC(Oc5cc(N6C7CC[C@@H]6CN(c6cc(-c8ccccc8O)nnc6N)C7)ccn5)C4)[C@H](C)[C@@H]3C)no2)C(C)C)cc1. The number of piperidine rings is 1. The Balaban J connectivity index is 0.620. The Kier molecular flexibility index (Phi) is 15.8. The number of likely N-dealkylation sites (tertiary alicyclic amines) is 2. The number of anilines is 3. The molecule has 0 radical (unpaired) electrons. The first-order valence-electron chi connectivity index (χ1n) is 28.4. The molecule has 418 valence electrons. The third kappa shape index (κ3) is 11.5. The van der Waals surface area contributed by atoms with Gasteiger partial charge in [-0.25, -0.2) is 9.97 Å². The van der Waals surface area contributed by atoms with E-state index in [9.17, 15) is 19.8 Å². The molecular formula is C60H75N11O7S. The number of nitrogen functional groups attached to an aromatic ring is 1. The zero-order valence-corrected chi connectivity index (χ0v) is 47.0. The molecule has 5 N–H and O–H groups in total. The number of benzene rings is 2. The highest BCUT2D eigenvalue weighted by Gasteiger charge is 2.45. The molecule has 5 fully saturated rings. The van der Waals surface area contributed by atoms with Crippen LogP contribution in [0.3, 0.4) is 0 Å². The van der Waals surface area contributed by atoms with Crippen LogP contribution in [0.5, 0.6) is 17.5 Å². The molecule has 2 bridgehead atoms. The van der Waals surface area contributed by atoms with Gasteiger partial charge in [-0.05, 0) is 130 Å². The third-order valence-corrected chi connectivity index (χ3v) is 18.8. The van der Waals surface area contributed by atoms with Gasteiger partial charge in [0.15, 0.2) is 11.6 Å². The maximum Gasteiger partial charge on any atom is 0.254 e. The number of hydrogen-bond acceptors (Lipinski definition) is 17. The van der Waals surface area contributed by atoms with Crippen molar-refractivity contribution in [2.75, 3.05) is 54.9 Å². The van der Waals surface area contributed by atoms with E-state index in [4.69, 9.17) is 19.7 Å². The van der Waals surface area contributed by atoms with Crippen LogP contribution in [0.4, 0.5) is 17.2 Å². The summed E-state index contributed by atoms with van der Waals surface area (Å²) in [6.07, 6.45) is 7.51. The highest BCUT2D eigenvalue weighted by atomic mass is 32.1. The van der Waals surface area contributed by atoms with Crippen molar-refractivity contribution in [1.29, 1.82) is 0 Å². The highest BCUT2D eigenvalue weighted by molar-refractivity contribution is 7.13. The maximum absolute atomic E-state index is 14.3. The molecule has 18 nitrogen and oxygen atoms in total. The molecule has 0 spiro atoms. The fourth-order valence-electron chi connectivity index (χ4n) is 13.1. The molecule has 1 unspecified atom stereocenters. The number of aryl methyl sites for hydroxylation is 1. The van der Waals surface area contributed by atoms with Crippen LogP contribution in [0.1, 0.15) is 109 Å². The summed E-state index contributed by atoms with van der Waals surface area (Å²) in [4.78, 5) is 47.3. The lowest BCUT2D eigenvalue weighted by atomic mass is 9.77. The number of ether oxygens (including phenoxy) is 2. The van der Waals surface area contributed by atoms with Gasteiger partial charge in [0.05, 0.1) is 46.2 Å². The molecular weight excluding hydrogens is 1020 g/mol. The minimum absolute atomic E-state index is 0.0605. The molecule has 6 aromatic rings. The van der Waals surface area contributed by atoms with E-state index < -0.39 is 18.1 Å². The van der Waals surface area contributed by atoms with Crippen molar-refractivity contribution < 1.29 is 33.8 Å². The van der Waals surface area contributed by atoms with Crippen molar-refractivity contribution in [1.82, 2.24) is 40.4 Å². The number of fused-ring (bicyclic) bond motifs is 2. The first kappa shape index (κ1) is 54.1. The van der Waals surface area contributed by atoms with E-state index in [1.54, 1.807) is 29.5 Å². The lowest BCUT2D eigenvalue weighted by molar-refractivity contribution is -0.141. The average molecular weight is 1090 g/mol. The number of aliphatic hydroxyl groups is 1. The monoisotopic (exact) mass is 1090 g/mol. The summed E-state index contributed by atoms with van der Waals surface area (Å²) in [6, 6.07) is 23.0. The molecule has 1 aliphatic carbocycles. The topological polar surface area (TPSA) is 222 Å². The standard InChI is InChI=1S/C60H75N11O7S/c1-34(2)56(60(75)70-32-46(72)26-51(70)59(74)64-36(4)41-11-13-42(14-12-41)57-37(5)63-33-79-57)53-28-55(67-78-53)76-22-19-40-18-21-68(38(6)35(40)3)29-39-23-47(24-39)77-54-25-43(17-20-62-54)71-44-15-16-45(71)31-69(30-44)50-27-49(65-66-58(50)61)48-9-7-8-10-52(48)73/h7-14,17,20,25,27-28,33-36,38-40,44-47,51,56,72-73H,15-16,18-19,21-24,26,29-32H2,1-6H3,(H2,61,66)(H,64,74)/t35-,36-,38+,39?,40-,44+,45?,46+,47?,51-,56+/m0/s1. The highest BCUT2D eigenvalue weighted by Crippen LogP contribution is 2.42. The van der Waals surface area contributed by atoms with Crippen LogP contribution >= 0.6 is 11.3 Å². The molecule has 4 aromatic heterocycles. The molecule has 9 atom stereocenters. The minimum Gasteiger partial charge on any atom is -0.507 e. The van der Waals surface area contributed by atoms with E-state index in [2.05, 4.69) is 71.3 Å². The fraction of sp³-hybridized carbons (Fsp3) is 0.517. The molecule has 4 saturated heterocycles. The minimum atomic E-state index is -0.824. The van der Waals surface area contributed by atoms with Crippen molar-refractivity contribution in [3.05, 3.63) is 102 Å². The Morgan fingerprint density at radius 3 is 2.43 bits per heavy atom. The number of phenols is 1. The van der Waals surface area contributed by atoms with E-state index >= 15 is 0 Å². The van der Waals surface area contributed by atoms with E-state index in [0.717, 1.165) is 97.8 Å². The van der Waals surface area contributed by atoms with Crippen LogP contribution in [0, 0.1) is 30.6 Å². The number of amides is 2. The summed E-state index contributed by atoms with van der Waals surface area (Å²) in [5.41, 5.74) is 14.5. The molecule has 5 aliphatic rings. The van der Waals surface area contributed by atoms with Gasteiger partial charge >= 0.3 is 0 Å². The number of phenolic OH excluding ortho intramolecular Hbond substituents is 1. The number of nitrogens with one attached hydrogen (secondary N) is 1. The lowest BCUT2D eigenvalue weighted by Crippen LogP contribution is -2.54. The second-order valence-electron chi connectivity index (χ2n) is 23.2. The number of carbonyl (C=O) groups is 2. The number of thiazole rings is 1. The van der Waals surface area contributed by atoms with E-state index in [1.807, 2.05) is 81.9 Å². The number of carbonyl (C=O) groups excluding carboxylic acids is 2. The number of hydrogen-bond donors (Lipinski definition) is 4. The number of nitrogens with two attached hydrogens (primary N) is 1. The van der Waals surface area contributed by atoms with Crippen LogP contribution in [-0.2, 0) is 9.59 Å². The van der Waals surface area contributed by atoms with E-state index in [1.165, 1.54) is 4.90 Å². The van der Waals surface area contributed by atoms with Crippen LogP contribution in [0.25, 0.3) is 21.7 Å². The van der Waals surface area contributed by atoms with Crippen LogP contribution in [0.2, 0.25) is 0 Å². The third-order valence-electron chi connectivity index (χ3n) is 17.8. The Morgan fingerprint density at radius 2 is 1.70 bits per heavy atom. The van der Waals surface area contributed by atoms with Crippen LogP contribution in [-0.4, -0.2) is 133 Å². The number of aromatic nitrogens is 5. The van der Waals surface area contributed by atoms with Crippen LogP contribution in [0.15, 0.2) is 89.0 Å². The van der Waals surface area contributed by atoms with Gasteiger partial charge < -0.3 is 54.9 Å². The van der Waals surface area contributed by atoms with E-state index in [-0.39, 0.29) is 48.6 Å². The molecule has 8 heterocycles. The summed E-state index contributed by atoms with van der Waals surface area (Å²) < 4.78 is 18.5. The molecule has 19 heteroatoms. The predicted molar refractivity (Wildman–Crippen MR) is 304 cm³/mol. The smallest absolute Gasteiger partial charge is 0.254 e. The van der Waals surface area contributed by atoms with Crippen molar-refractivity contribution >= 4 is 40.3 Å². The number of pyridine rings is 1. The molecule has 11 rings (SSSR count). The normalized spacial score (nSPS) is 25.8. The number of β-amino-alcohol motifs (C(OH)–C–C–N with tert-alkyl or cyclic N) is 1. The second-order valence-corrected chi connectivity index (χ2v) is 24.1. The second kappa shape index (κ2) is 23.1. The zero-order valence-electron chi connectivity index (χ0n) is 46.1. The number of rotatable bonds is 18. The first-order valence-corrected chi connectivity index (χ1v) is 29.2. The Labute approximate surface area is 466 Å². The molecule has 79 heavy (non-hydrogen) atoms. The molecule has 2 aromatic carbocycles. The molecule has 2 amide bonds. The van der Waals surface area contributed by atoms with Gasteiger partial charge in [-0.2, -0.15) is 0 Å². The largest absolute Gasteiger partial charge is 0.507 e. The Bertz CT molecular complexity index is 3080. The van der Waals surface area contributed by atoms with Crippen molar-refractivity contribution in [3.8, 4) is 39.2 Å². The fourth-order valence-corrected chi connectivity index (χ4v) is 14.0. The number of aromatic hydroxyl groups is 1. The predicted octanol–water partition coefficient (Wildman–Crippen LogP) is 8.66. The van der Waals surface area contributed by atoms with Gasteiger partial charge in [0, 0.05) is 80.3 Å². The quantitative estimate of drug-likeness (QED) is 0.0632. The number of nitrogens with zero attached hydrogens (tertiary/aromatic N) is 9. The van der Waals surface area contributed by atoms with Gasteiger partial charge in [0.2, 0.25) is 17.7 Å². The Morgan fingerprint density at radius 1 is 0.924 bits per heavy atom. The maximum atomic E-state index is 14.3. The van der Waals surface area contributed by atoms with Gasteiger partial charge in [-0.1, -0.05) is 57.2 Å². The van der Waals surface area contributed by atoms with Gasteiger partial charge in [0.25, 0.3) is 5.88 Å². The summed E-state index contributed by atoms with van der Waals surface area (Å²) in [7, 11) is 0. The summed E-state index contributed by atoms with van der Waals surface area (Å²) >= 11 is 1.60. The summed E-state index contributed by atoms with van der Waals surface area (Å²) in [5, 5.41) is 37.2. The Hall–Kier alpha value is -6.83. The summed E-state index contributed by atoms with van der Waals surface area (Å²) in [6.45, 7) is 16.8. The van der Waals surface area contributed by atoms with Gasteiger partial charge in [-0.15, -0.1) is 21.5 Å². The number of para-hydroxylation sites is 1. The molecule has 1 saturated carbocycles. The lowest BCUT2D eigenvalue weighted by Gasteiger charge is -2.46. The van der Waals surface area contributed by atoms with E-state index in [0.29, 0.717) is 77.1 Å². The van der Waals surface area contributed by atoms with Gasteiger partial charge in [-0.3, -0.25) is 9.59 Å². The first-order chi connectivity index (χ1) is 38.1. The summed E-state index contributed by atoms with van der Waals surface area (Å²) in [5.74, 6) is 2.04. The number of piperazine rings is 1. The number of aliphatic hydroxyl groups excluding tert-OH is 1. The van der Waals surface area contributed by atoms with Gasteiger partial charge in [0.1, 0.15) is 23.8 Å². The van der Waals surface area contributed by atoms with Crippen molar-refractivity contribution in [2.24, 2.45) is 23.7 Å². The average Bonchev–Trinajstić information content (AvgIpc) is 4.40. The zero-order chi connectivity index (χ0) is 55.1. The molecule has 4 aliphatic heterocycles. The van der Waals surface area contributed by atoms with Crippen molar-refractivity contribution in [3.63, 3.8) is 0 Å². The van der Waals surface area contributed by atoms with Crippen molar-refractivity contribution in [2.45, 2.75) is 135 Å². The van der Waals surface area contributed by atoms with Crippen LogP contribution < -0.4 is 30.3 Å².